The Bertz CT molecular complexity index is 1320. The molecule has 0 aliphatic heterocycles. The number of pyridine rings is 2. The Balaban J connectivity index is 1.79. The molecule has 146 valence electrons. The van der Waals surface area contributed by atoms with Gasteiger partial charge in [-0.1, -0.05) is 6.07 Å². The standard InChI is InChI=1S/C19H16N6O3S/c1-28-18-5-3-12(8-23-18)11-2-4-14-15(6-11)25-16(10-22-14)13-7-17(29(21,26)27)19(20)24-9-13/h2-10H,1H3,(H2,20,24)(H2,21,26,27). The number of hydrogen-bond acceptors (Lipinski definition) is 8. The van der Waals surface area contributed by atoms with Crippen molar-refractivity contribution in [3.63, 3.8) is 0 Å². The number of hydrogen-bond donors (Lipinski definition) is 2. The van der Waals surface area contributed by atoms with Crippen LogP contribution in [0.5, 0.6) is 5.88 Å². The lowest BCUT2D eigenvalue weighted by molar-refractivity contribution is 0.398. The number of benzene rings is 1. The maximum absolute atomic E-state index is 11.7. The fraction of sp³-hybridized carbons (Fsp3) is 0.0526. The summed E-state index contributed by atoms with van der Waals surface area (Å²) < 4.78 is 28.5. The fourth-order valence-corrected chi connectivity index (χ4v) is 3.46. The second kappa shape index (κ2) is 7.08. The Morgan fingerprint density at radius 2 is 1.62 bits per heavy atom. The molecular weight excluding hydrogens is 392 g/mol. The minimum absolute atomic E-state index is 0.167. The van der Waals surface area contributed by atoms with Gasteiger partial charge in [-0.3, -0.25) is 4.98 Å². The molecule has 0 aliphatic carbocycles. The van der Waals surface area contributed by atoms with Gasteiger partial charge in [-0.25, -0.2) is 28.5 Å². The quantitative estimate of drug-likeness (QED) is 0.521. The summed E-state index contributed by atoms with van der Waals surface area (Å²) in [6.45, 7) is 0. The van der Waals surface area contributed by atoms with Crippen LogP contribution in [-0.2, 0) is 10.0 Å². The molecule has 4 N–H and O–H groups in total. The molecule has 1 aromatic carbocycles. The van der Waals surface area contributed by atoms with Crippen LogP contribution in [0.3, 0.4) is 0 Å². The molecular formula is C19H16N6O3S. The van der Waals surface area contributed by atoms with E-state index in [1.165, 1.54) is 18.5 Å². The lowest BCUT2D eigenvalue weighted by atomic mass is 10.1. The third-order valence-corrected chi connectivity index (χ3v) is 5.25. The highest BCUT2D eigenvalue weighted by Gasteiger charge is 2.16. The van der Waals surface area contributed by atoms with Crippen molar-refractivity contribution in [2.45, 2.75) is 4.90 Å². The summed E-state index contributed by atoms with van der Waals surface area (Å²) >= 11 is 0. The van der Waals surface area contributed by atoms with Crippen LogP contribution in [0.15, 0.2) is 59.9 Å². The smallest absolute Gasteiger partial charge is 0.241 e. The minimum atomic E-state index is -4.01. The van der Waals surface area contributed by atoms with E-state index in [1.807, 2.05) is 24.3 Å². The highest BCUT2D eigenvalue weighted by atomic mass is 32.2. The van der Waals surface area contributed by atoms with Crippen molar-refractivity contribution in [3.8, 4) is 28.3 Å². The van der Waals surface area contributed by atoms with Crippen molar-refractivity contribution in [2.24, 2.45) is 5.14 Å². The first-order chi connectivity index (χ1) is 13.8. The van der Waals surface area contributed by atoms with Gasteiger partial charge < -0.3 is 10.5 Å². The third-order valence-electron chi connectivity index (χ3n) is 4.31. The van der Waals surface area contributed by atoms with Gasteiger partial charge in [0.2, 0.25) is 15.9 Å². The van der Waals surface area contributed by atoms with Crippen molar-refractivity contribution in [2.75, 3.05) is 12.8 Å². The number of nitrogen functional groups attached to an aromatic ring is 1. The number of fused-ring (bicyclic) bond motifs is 1. The summed E-state index contributed by atoms with van der Waals surface area (Å²) in [5.41, 5.74) is 9.63. The van der Waals surface area contributed by atoms with Gasteiger partial charge >= 0.3 is 0 Å². The van der Waals surface area contributed by atoms with Gasteiger partial charge in [-0.15, -0.1) is 0 Å². The summed E-state index contributed by atoms with van der Waals surface area (Å²) in [4.78, 5) is 16.9. The molecule has 29 heavy (non-hydrogen) atoms. The van der Waals surface area contributed by atoms with Crippen LogP contribution in [0.25, 0.3) is 33.4 Å². The zero-order valence-corrected chi connectivity index (χ0v) is 16.1. The second-order valence-corrected chi connectivity index (χ2v) is 7.73. The molecule has 0 fully saturated rings. The van der Waals surface area contributed by atoms with Gasteiger partial charge in [0, 0.05) is 29.6 Å². The molecule has 3 aromatic heterocycles. The molecule has 4 aromatic rings. The molecule has 0 amide bonds. The summed E-state index contributed by atoms with van der Waals surface area (Å²) in [5.74, 6) is 0.359. The molecule has 0 bridgehead atoms. The Kier molecular flexibility index (Phi) is 4.57. The van der Waals surface area contributed by atoms with E-state index < -0.39 is 10.0 Å². The number of sulfonamides is 1. The Labute approximate surface area is 166 Å². The third kappa shape index (κ3) is 3.71. The Hall–Kier alpha value is -3.63. The normalized spacial score (nSPS) is 11.5. The molecule has 9 nitrogen and oxygen atoms in total. The molecule has 4 rings (SSSR count). The van der Waals surface area contributed by atoms with E-state index >= 15 is 0 Å². The molecule has 10 heteroatoms. The minimum Gasteiger partial charge on any atom is -0.481 e. The van der Waals surface area contributed by atoms with Crippen molar-refractivity contribution >= 4 is 26.9 Å². The van der Waals surface area contributed by atoms with Crippen LogP contribution in [0.2, 0.25) is 0 Å². The number of ether oxygens (including phenoxy) is 1. The molecule has 0 saturated heterocycles. The highest BCUT2D eigenvalue weighted by Crippen LogP contribution is 2.27. The van der Waals surface area contributed by atoms with Gasteiger partial charge in [0.05, 0.1) is 30.0 Å². The van der Waals surface area contributed by atoms with Crippen LogP contribution >= 0.6 is 0 Å². The maximum Gasteiger partial charge on any atom is 0.241 e. The molecule has 0 spiro atoms. The number of anilines is 1. The first kappa shape index (κ1) is 18.7. The molecule has 3 heterocycles. The number of aromatic nitrogens is 4. The predicted octanol–water partition coefficient (Wildman–Crippen LogP) is 1.99. The molecule has 0 radical (unpaired) electrons. The van der Waals surface area contributed by atoms with Crippen LogP contribution in [0.4, 0.5) is 5.82 Å². The van der Waals surface area contributed by atoms with Crippen LogP contribution in [0, 0.1) is 0 Å². The van der Waals surface area contributed by atoms with E-state index in [9.17, 15) is 8.42 Å². The molecule has 0 saturated carbocycles. The number of nitrogens with two attached hydrogens (primary N) is 2. The number of nitrogens with zero attached hydrogens (tertiary/aromatic N) is 4. The summed E-state index contributed by atoms with van der Waals surface area (Å²) in [6.07, 6.45) is 4.67. The maximum atomic E-state index is 11.7. The Morgan fingerprint density at radius 3 is 2.31 bits per heavy atom. The van der Waals surface area contributed by atoms with Crippen molar-refractivity contribution < 1.29 is 13.2 Å². The van der Waals surface area contributed by atoms with Gasteiger partial charge in [0.25, 0.3) is 0 Å². The van der Waals surface area contributed by atoms with E-state index in [0.717, 1.165) is 11.1 Å². The SMILES string of the molecule is COc1ccc(-c2ccc3ncc(-c4cnc(N)c(S(N)(=O)=O)c4)nc3c2)cn1. The number of rotatable bonds is 4. The van der Waals surface area contributed by atoms with E-state index in [4.69, 9.17) is 15.6 Å². The topological polar surface area (TPSA) is 147 Å². The lowest BCUT2D eigenvalue weighted by Crippen LogP contribution is -2.15. The molecule has 0 atom stereocenters. The number of primary sulfonamides is 1. The molecule has 0 aliphatic rings. The van der Waals surface area contributed by atoms with E-state index in [-0.39, 0.29) is 10.7 Å². The average Bonchev–Trinajstić information content (AvgIpc) is 2.72. The van der Waals surface area contributed by atoms with Gasteiger partial charge in [0.15, 0.2) is 0 Å². The van der Waals surface area contributed by atoms with Crippen LogP contribution in [0.1, 0.15) is 0 Å². The predicted molar refractivity (Wildman–Crippen MR) is 108 cm³/mol. The summed E-state index contributed by atoms with van der Waals surface area (Å²) in [6, 6.07) is 10.7. The zero-order chi connectivity index (χ0) is 20.6. The van der Waals surface area contributed by atoms with Crippen molar-refractivity contribution in [1.82, 2.24) is 19.9 Å². The fourth-order valence-electron chi connectivity index (χ4n) is 2.83. The summed E-state index contributed by atoms with van der Waals surface area (Å²) in [7, 11) is -2.45. The monoisotopic (exact) mass is 408 g/mol. The average molecular weight is 408 g/mol. The Morgan fingerprint density at radius 1 is 0.862 bits per heavy atom. The largest absolute Gasteiger partial charge is 0.481 e. The van der Waals surface area contributed by atoms with Crippen molar-refractivity contribution in [3.05, 3.63) is 55.0 Å². The molecule has 0 unspecified atom stereocenters. The first-order valence-electron chi connectivity index (χ1n) is 8.41. The first-order valence-corrected chi connectivity index (χ1v) is 9.96. The number of methoxy groups -OCH3 is 1. The van der Waals surface area contributed by atoms with Gasteiger partial charge in [-0.05, 0) is 29.8 Å². The van der Waals surface area contributed by atoms with Crippen LogP contribution < -0.4 is 15.6 Å². The zero-order valence-electron chi connectivity index (χ0n) is 15.3. The van der Waals surface area contributed by atoms with E-state index in [0.29, 0.717) is 28.2 Å². The highest BCUT2D eigenvalue weighted by molar-refractivity contribution is 7.89. The lowest BCUT2D eigenvalue weighted by Gasteiger charge is -2.08. The van der Waals surface area contributed by atoms with Crippen LogP contribution in [-0.4, -0.2) is 35.5 Å². The summed E-state index contributed by atoms with van der Waals surface area (Å²) in [5, 5.41) is 5.20. The second-order valence-electron chi connectivity index (χ2n) is 6.20. The van der Waals surface area contributed by atoms with Crippen molar-refractivity contribution in [1.29, 1.82) is 0 Å². The van der Waals surface area contributed by atoms with E-state index in [1.54, 1.807) is 19.4 Å². The van der Waals surface area contributed by atoms with Gasteiger partial charge in [-0.2, -0.15) is 0 Å². The van der Waals surface area contributed by atoms with Gasteiger partial charge in [0.1, 0.15) is 10.7 Å². The van der Waals surface area contributed by atoms with E-state index in [2.05, 4.69) is 19.9 Å².